The molecule has 2 amide bonds. The summed E-state index contributed by atoms with van der Waals surface area (Å²) in [5.74, 6) is -0.546. The Hall–Kier alpha value is -4.28. The topological polar surface area (TPSA) is 130 Å². The fraction of sp³-hybridized carbons (Fsp3) is 0.115. The highest BCUT2D eigenvalue weighted by molar-refractivity contribution is 7.88. The van der Waals surface area contributed by atoms with Gasteiger partial charge in [-0.2, -0.15) is 0 Å². The number of aryl methyl sites for hydroxylation is 1. The van der Waals surface area contributed by atoms with Gasteiger partial charge in [-0.05, 0) is 65.6 Å². The van der Waals surface area contributed by atoms with Crippen molar-refractivity contribution in [3.63, 3.8) is 0 Å². The first-order valence-corrected chi connectivity index (χ1v) is 12.9. The molecule has 9 nitrogen and oxygen atoms in total. The van der Waals surface area contributed by atoms with Crippen LogP contribution in [0, 0.1) is 6.92 Å². The molecule has 36 heavy (non-hydrogen) atoms. The Balaban J connectivity index is 1.42. The number of benzene rings is 3. The number of carbonyl (C=O) groups is 2. The Morgan fingerprint density at radius 2 is 1.53 bits per heavy atom. The van der Waals surface area contributed by atoms with E-state index in [1.165, 1.54) is 12.3 Å². The minimum absolute atomic E-state index is 0.118. The molecule has 0 bridgehead atoms. The average molecular weight is 505 g/mol. The fourth-order valence-electron chi connectivity index (χ4n) is 3.46. The van der Waals surface area contributed by atoms with Gasteiger partial charge >= 0.3 is 0 Å². The number of sulfonamides is 1. The molecule has 0 aliphatic heterocycles. The second-order valence-electron chi connectivity index (χ2n) is 8.18. The van der Waals surface area contributed by atoms with Crippen molar-refractivity contribution in [2.75, 3.05) is 16.9 Å². The zero-order valence-corrected chi connectivity index (χ0v) is 20.4. The second kappa shape index (κ2) is 10.5. The zero-order valence-electron chi connectivity index (χ0n) is 19.6. The van der Waals surface area contributed by atoms with Crippen LogP contribution >= 0.6 is 0 Å². The molecule has 4 rings (SSSR count). The van der Waals surface area contributed by atoms with Crippen LogP contribution in [0.15, 0.2) is 83.5 Å². The highest BCUT2D eigenvalue weighted by Crippen LogP contribution is 2.27. The lowest BCUT2D eigenvalue weighted by Crippen LogP contribution is -2.21. The fourth-order valence-corrected chi connectivity index (χ4v) is 3.89. The number of carbonyl (C=O) groups excluding carboxylic acids is 2. The van der Waals surface area contributed by atoms with E-state index in [-0.39, 0.29) is 18.2 Å². The maximum Gasteiger partial charge on any atom is 0.294 e. The molecule has 4 aromatic rings. The zero-order chi connectivity index (χ0) is 25.7. The Labute approximate surface area is 208 Å². The van der Waals surface area contributed by atoms with E-state index >= 15 is 0 Å². The second-order valence-corrected chi connectivity index (χ2v) is 10.0. The molecule has 0 atom stereocenters. The van der Waals surface area contributed by atoms with Gasteiger partial charge in [-0.3, -0.25) is 9.59 Å². The van der Waals surface area contributed by atoms with Gasteiger partial charge in [0.25, 0.3) is 11.8 Å². The Kier molecular flexibility index (Phi) is 7.28. The third-order valence-corrected chi connectivity index (χ3v) is 6.03. The van der Waals surface area contributed by atoms with Crippen LogP contribution in [0.1, 0.15) is 32.0 Å². The van der Waals surface area contributed by atoms with Gasteiger partial charge < -0.3 is 15.2 Å². The monoisotopic (exact) mass is 504 g/mol. The minimum Gasteiger partial charge on any atom is -0.351 e. The van der Waals surface area contributed by atoms with E-state index in [0.29, 0.717) is 16.9 Å². The van der Waals surface area contributed by atoms with E-state index in [2.05, 4.69) is 20.5 Å². The van der Waals surface area contributed by atoms with Gasteiger partial charge in [0, 0.05) is 29.5 Å². The van der Waals surface area contributed by atoms with Crippen LogP contribution in [0.2, 0.25) is 0 Å². The van der Waals surface area contributed by atoms with E-state index in [1.54, 1.807) is 42.5 Å². The normalized spacial score (nSPS) is 11.2. The molecule has 1 heterocycles. The van der Waals surface area contributed by atoms with Crippen molar-refractivity contribution in [1.29, 1.82) is 0 Å². The van der Waals surface area contributed by atoms with Gasteiger partial charge in [0.05, 0.1) is 12.5 Å². The first kappa shape index (κ1) is 24.8. The van der Waals surface area contributed by atoms with Crippen molar-refractivity contribution in [2.45, 2.75) is 13.5 Å². The number of rotatable bonds is 8. The number of nitrogens with one attached hydrogen (secondary N) is 3. The third kappa shape index (κ3) is 6.44. The van der Waals surface area contributed by atoms with Crippen molar-refractivity contribution in [1.82, 2.24) is 9.88 Å². The number of nitrogens with zero attached hydrogens (tertiary/aromatic N) is 1. The molecule has 3 N–H and O–H groups in total. The largest absolute Gasteiger partial charge is 0.351 e. The number of anilines is 2. The third-order valence-electron chi connectivity index (χ3n) is 5.37. The summed E-state index contributed by atoms with van der Waals surface area (Å²) in [5.41, 5.74) is 5.27. The van der Waals surface area contributed by atoms with Crippen LogP contribution in [0.5, 0.6) is 0 Å². The number of amides is 2. The Morgan fingerprint density at radius 1 is 0.861 bits per heavy atom. The summed E-state index contributed by atoms with van der Waals surface area (Å²) >= 11 is 0. The number of hydrogen-bond donors (Lipinski definition) is 3. The molecule has 0 radical (unpaired) electrons. The van der Waals surface area contributed by atoms with Gasteiger partial charge in [-0.1, -0.05) is 35.5 Å². The molecule has 0 unspecified atom stereocenters. The molecule has 3 aromatic carbocycles. The van der Waals surface area contributed by atoms with Gasteiger partial charge in [-0.15, -0.1) is 0 Å². The molecule has 1 aromatic heterocycles. The van der Waals surface area contributed by atoms with Crippen LogP contribution < -0.4 is 15.4 Å². The molecule has 0 saturated heterocycles. The lowest BCUT2D eigenvalue weighted by Gasteiger charge is -2.11. The quantitative estimate of drug-likeness (QED) is 0.330. The summed E-state index contributed by atoms with van der Waals surface area (Å²) in [6.45, 7) is 2.14. The van der Waals surface area contributed by atoms with E-state index in [0.717, 1.165) is 28.5 Å². The van der Waals surface area contributed by atoms with Crippen molar-refractivity contribution in [3.05, 3.63) is 101 Å². The lowest BCUT2D eigenvalue weighted by molar-refractivity contribution is 0.0986. The molecule has 10 heteroatoms. The van der Waals surface area contributed by atoms with Crippen molar-refractivity contribution >= 4 is 33.2 Å². The molecule has 0 spiro atoms. The van der Waals surface area contributed by atoms with Gasteiger partial charge in [-0.25, -0.2) is 13.1 Å². The van der Waals surface area contributed by atoms with Crippen LogP contribution in [-0.4, -0.2) is 31.6 Å². The van der Waals surface area contributed by atoms with E-state index < -0.39 is 15.9 Å². The summed E-state index contributed by atoms with van der Waals surface area (Å²) < 4.78 is 29.8. The summed E-state index contributed by atoms with van der Waals surface area (Å²) in [6.07, 6.45) is 2.51. The Morgan fingerprint density at radius 3 is 2.17 bits per heavy atom. The maximum absolute atomic E-state index is 12.7. The Bertz CT molecular complexity index is 1480. The first-order chi connectivity index (χ1) is 17.2. The molecule has 0 saturated carbocycles. The van der Waals surface area contributed by atoms with Crippen molar-refractivity contribution in [3.8, 4) is 11.1 Å². The standard InChI is InChI=1S/C26H24N4O5S/c1-17-3-10-22(30-26(32)24-13-14-27-35-24)15-23(17)19-6-8-20(9-7-19)25(31)29-21-11-4-18(5-12-21)16-28-36(2,33)34/h3-15,28H,16H2,1-2H3,(H,29,31)(H,30,32). The van der Waals surface area contributed by atoms with Gasteiger partial charge in [0.1, 0.15) is 0 Å². The van der Waals surface area contributed by atoms with Crippen LogP contribution in [0.25, 0.3) is 11.1 Å². The highest BCUT2D eigenvalue weighted by atomic mass is 32.2. The van der Waals surface area contributed by atoms with Gasteiger partial charge in [0.2, 0.25) is 15.8 Å². The van der Waals surface area contributed by atoms with Gasteiger partial charge in [0.15, 0.2) is 0 Å². The van der Waals surface area contributed by atoms with E-state index in [9.17, 15) is 18.0 Å². The van der Waals surface area contributed by atoms with Crippen molar-refractivity contribution < 1.29 is 22.5 Å². The van der Waals surface area contributed by atoms with Crippen LogP contribution in [0.4, 0.5) is 11.4 Å². The summed E-state index contributed by atoms with van der Waals surface area (Å²) in [6, 6.07) is 21.1. The molecule has 184 valence electrons. The predicted octanol–water partition coefficient (Wildman–Crippen LogP) is 4.20. The minimum atomic E-state index is -3.28. The molecular weight excluding hydrogens is 480 g/mol. The van der Waals surface area contributed by atoms with E-state index in [1.807, 2.05) is 31.2 Å². The average Bonchev–Trinajstić information content (AvgIpc) is 3.40. The molecule has 0 aliphatic carbocycles. The maximum atomic E-state index is 12.7. The first-order valence-electron chi connectivity index (χ1n) is 11.0. The van der Waals surface area contributed by atoms with E-state index in [4.69, 9.17) is 4.52 Å². The summed E-state index contributed by atoms with van der Waals surface area (Å²) in [5, 5.41) is 9.16. The SMILES string of the molecule is Cc1ccc(NC(=O)c2ccno2)cc1-c1ccc(C(=O)Nc2ccc(CNS(C)(=O)=O)cc2)cc1. The van der Waals surface area contributed by atoms with Crippen molar-refractivity contribution in [2.24, 2.45) is 0 Å². The molecule has 0 fully saturated rings. The number of aromatic nitrogens is 1. The van der Waals surface area contributed by atoms with Crippen LogP contribution in [-0.2, 0) is 16.6 Å². The smallest absolute Gasteiger partial charge is 0.294 e. The summed E-state index contributed by atoms with van der Waals surface area (Å²) in [7, 11) is -3.28. The predicted molar refractivity (Wildman–Crippen MR) is 137 cm³/mol. The summed E-state index contributed by atoms with van der Waals surface area (Å²) in [4.78, 5) is 24.9. The lowest BCUT2D eigenvalue weighted by atomic mass is 9.98. The number of hydrogen-bond acceptors (Lipinski definition) is 6. The highest BCUT2D eigenvalue weighted by Gasteiger charge is 2.12. The van der Waals surface area contributed by atoms with Crippen LogP contribution in [0.3, 0.4) is 0 Å². The molecular formula is C26H24N4O5S. The molecule has 0 aliphatic rings.